The van der Waals surface area contributed by atoms with Crippen LogP contribution in [0.1, 0.15) is 0 Å². The van der Waals surface area contributed by atoms with Gasteiger partial charge in [-0.1, -0.05) is 0 Å². The van der Waals surface area contributed by atoms with E-state index in [-0.39, 0.29) is 19.6 Å². The van der Waals surface area contributed by atoms with Crippen LogP contribution in [-0.4, -0.2) is 42.6 Å². The van der Waals surface area contributed by atoms with E-state index in [1.807, 2.05) is 0 Å². The maximum absolute atomic E-state index is 10.9. The van der Waals surface area contributed by atoms with Gasteiger partial charge in [0.1, 0.15) is 0 Å². The summed E-state index contributed by atoms with van der Waals surface area (Å²) in [7, 11) is 0. The molecule has 82 valence electrons. The first-order valence-electron chi connectivity index (χ1n) is 4.04. The number of terminal acetylenes is 1. The van der Waals surface area contributed by atoms with Gasteiger partial charge in [0, 0.05) is 13.1 Å². The molecule has 0 saturated carbocycles. The lowest BCUT2D eigenvalue weighted by Crippen LogP contribution is -2.39. The lowest BCUT2D eigenvalue weighted by molar-refractivity contribution is -0.123. The molecule has 0 radical (unpaired) electrons. The molecule has 0 spiro atoms. The van der Waals surface area contributed by atoms with Crippen molar-refractivity contribution in [1.82, 2.24) is 16.0 Å². The molecule has 7 heteroatoms. The predicted octanol–water partition coefficient (Wildman–Crippen LogP) is -1.88. The highest BCUT2D eigenvalue weighted by Gasteiger charge is 2.02. The van der Waals surface area contributed by atoms with Crippen LogP contribution in [0.4, 0.5) is 4.79 Å². The molecule has 0 aliphatic heterocycles. The number of hydrogen-bond acceptors (Lipinski definition) is 3. The topological polar surface area (TPSA) is 108 Å². The van der Waals surface area contributed by atoms with Gasteiger partial charge in [0.25, 0.3) is 5.91 Å². The van der Waals surface area contributed by atoms with E-state index in [9.17, 15) is 14.4 Å². The van der Waals surface area contributed by atoms with Crippen molar-refractivity contribution in [3.8, 4) is 12.3 Å². The van der Waals surface area contributed by atoms with Gasteiger partial charge in [-0.3, -0.25) is 9.59 Å². The van der Waals surface area contributed by atoms with Crippen LogP contribution >= 0.6 is 0 Å². The number of carbonyl (C=O) groups is 3. The summed E-state index contributed by atoms with van der Waals surface area (Å²) in [4.78, 5) is 31.5. The Morgan fingerprint density at radius 2 is 1.73 bits per heavy atom. The van der Waals surface area contributed by atoms with Gasteiger partial charge >= 0.3 is 6.09 Å². The molecule has 0 bridgehead atoms. The largest absolute Gasteiger partial charge is 0.465 e. The zero-order valence-corrected chi connectivity index (χ0v) is 7.87. The number of rotatable bonds is 5. The van der Waals surface area contributed by atoms with Gasteiger partial charge in [-0.25, -0.2) is 4.79 Å². The molecule has 0 unspecified atom stereocenters. The van der Waals surface area contributed by atoms with E-state index in [1.165, 1.54) is 0 Å². The van der Waals surface area contributed by atoms with Crippen LogP contribution in [0.25, 0.3) is 0 Å². The molecule has 0 rings (SSSR count). The number of carboxylic acid groups (broad SMARTS) is 1. The van der Waals surface area contributed by atoms with Crippen molar-refractivity contribution < 1.29 is 19.5 Å². The van der Waals surface area contributed by atoms with Crippen LogP contribution < -0.4 is 16.0 Å². The molecule has 15 heavy (non-hydrogen) atoms. The smallest absolute Gasteiger partial charge is 0.404 e. The Labute approximate surface area is 86.2 Å². The monoisotopic (exact) mass is 213 g/mol. The maximum Gasteiger partial charge on any atom is 0.404 e. The van der Waals surface area contributed by atoms with Gasteiger partial charge in [-0.15, -0.1) is 6.42 Å². The third-order valence-electron chi connectivity index (χ3n) is 1.26. The van der Waals surface area contributed by atoms with Crippen LogP contribution in [0.3, 0.4) is 0 Å². The lowest BCUT2D eigenvalue weighted by atomic mass is 10.5. The second kappa shape index (κ2) is 7.20. The van der Waals surface area contributed by atoms with Crippen molar-refractivity contribution in [3.63, 3.8) is 0 Å². The minimum Gasteiger partial charge on any atom is -0.465 e. The SMILES string of the molecule is C#CC(=O)NCC(=O)NCCNC(=O)O. The van der Waals surface area contributed by atoms with E-state index in [1.54, 1.807) is 5.92 Å². The van der Waals surface area contributed by atoms with Crippen LogP contribution in [0.2, 0.25) is 0 Å². The summed E-state index contributed by atoms with van der Waals surface area (Å²) in [6.45, 7) is 0.0251. The van der Waals surface area contributed by atoms with E-state index in [4.69, 9.17) is 11.5 Å². The van der Waals surface area contributed by atoms with Crippen molar-refractivity contribution in [3.05, 3.63) is 0 Å². The standard InChI is InChI=1S/C8H11N3O4/c1-2-6(12)11-5-7(13)9-3-4-10-8(14)15/h1,10H,3-5H2,(H,9,13)(H,11,12)(H,14,15). The normalized spacial score (nSPS) is 8.47. The van der Waals surface area contributed by atoms with Crippen molar-refractivity contribution in [2.75, 3.05) is 19.6 Å². The Kier molecular flexibility index (Phi) is 6.13. The third-order valence-corrected chi connectivity index (χ3v) is 1.26. The zero-order chi connectivity index (χ0) is 11.7. The molecule has 0 fully saturated rings. The highest BCUT2D eigenvalue weighted by atomic mass is 16.4. The van der Waals surface area contributed by atoms with Gasteiger partial charge < -0.3 is 21.1 Å². The summed E-state index contributed by atoms with van der Waals surface area (Å²) < 4.78 is 0. The average molecular weight is 213 g/mol. The highest BCUT2D eigenvalue weighted by Crippen LogP contribution is 1.66. The van der Waals surface area contributed by atoms with Gasteiger partial charge in [0.05, 0.1) is 6.54 Å². The van der Waals surface area contributed by atoms with Gasteiger partial charge in [-0.05, 0) is 5.92 Å². The van der Waals surface area contributed by atoms with Crippen LogP contribution in [0.5, 0.6) is 0 Å². The fourth-order valence-electron chi connectivity index (χ4n) is 0.645. The maximum atomic E-state index is 10.9. The highest BCUT2D eigenvalue weighted by molar-refractivity contribution is 5.95. The molecule has 0 aromatic rings. The molecule has 0 atom stereocenters. The minimum atomic E-state index is -1.16. The molecule has 0 aromatic carbocycles. The molecular formula is C8H11N3O4. The first kappa shape index (κ1) is 12.8. The van der Waals surface area contributed by atoms with Gasteiger partial charge in [0.15, 0.2) is 0 Å². The Morgan fingerprint density at radius 1 is 1.13 bits per heavy atom. The molecule has 4 N–H and O–H groups in total. The van der Waals surface area contributed by atoms with Crippen LogP contribution in [-0.2, 0) is 9.59 Å². The molecule has 3 amide bonds. The third kappa shape index (κ3) is 8.11. The van der Waals surface area contributed by atoms with E-state index < -0.39 is 17.9 Å². The first-order valence-corrected chi connectivity index (χ1v) is 4.04. The Hall–Kier alpha value is -2.23. The molecule has 0 saturated heterocycles. The number of hydrogen-bond donors (Lipinski definition) is 4. The molecule has 0 aromatic heterocycles. The molecule has 0 heterocycles. The van der Waals surface area contributed by atoms with Gasteiger partial charge in [-0.2, -0.15) is 0 Å². The molecule has 7 nitrogen and oxygen atoms in total. The first-order chi connectivity index (χ1) is 7.06. The summed E-state index contributed by atoms with van der Waals surface area (Å²) in [5, 5.41) is 14.8. The molecule has 0 aliphatic carbocycles. The zero-order valence-electron chi connectivity index (χ0n) is 7.87. The second-order valence-corrected chi connectivity index (χ2v) is 2.41. The van der Waals surface area contributed by atoms with Crippen LogP contribution in [0, 0.1) is 12.3 Å². The van der Waals surface area contributed by atoms with Crippen LogP contribution in [0.15, 0.2) is 0 Å². The van der Waals surface area contributed by atoms with Gasteiger partial charge in [0.2, 0.25) is 5.91 Å². The van der Waals surface area contributed by atoms with E-state index in [0.29, 0.717) is 0 Å². The number of carbonyl (C=O) groups excluding carboxylic acids is 2. The van der Waals surface area contributed by atoms with Crippen molar-refractivity contribution in [1.29, 1.82) is 0 Å². The Morgan fingerprint density at radius 3 is 2.27 bits per heavy atom. The summed E-state index contributed by atoms with van der Waals surface area (Å²) >= 11 is 0. The van der Waals surface area contributed by atoms with Crippen molar-refractivity contribution in [2.45, 2.75) is 0 Å². The average Bonchev–Trinajstić information content (AvgIpc) is 2.20. The Bertz CT molecular complexity index is 295. The fourth-order valence-corrected chi connectivity index (χ4v) is 0.645. The summed E-state index contributed by atoms with van der Waals surface area (Å²) in [6.07, 6.45) is 3.58. The summed E-state index contributed by atoms with van der Waals surface area (Å²) in [5.74, 6) is 0.671. The summed E-state index contributed by atoms with van der Waals surface area (Å²) in [6, 6.07) is 0. The van der Waals surface area contributed by atoms with Crippen molar-refractivity contribution in [2.24, 2.45) is 0 Å². The number of nitrogens with one attached hydrogen (secondary N) is 3. The van der Waals surface area contributed by atoms with E-state index in [0.717, 1.165) is 0 Å². The van der Waals surface area contributed by atoms with Crippen molar-refractivity contribution >= 4 is 17.9 Å². The minimum absolute atomic E-state index is 0.101. The quantitative estimate of drug-likeness (QED) is 0.316. The lowest BCUT2D eigenvalue weighted by Gasteiger charge is -2.04. The van der Waals surface area contributed by atoms with E-state index in [2.05, 4.69) is 16.0 Å². The predicted molar refractivity (Wildman–Crippen MR) is 50.9 cm³/mol. The molecular weight excluding hydrogens is 202 g/mol. The fraction of sp³-hybridized carbons (Fsp3) is 0.375. The summed E-state index contributed by atoms with van der Waals surface area (Å²) in [5.41, 5.74) is 0. The number of amides is 3. The Balaban J connectivity index is 3.46. The second-order valence-electron chi connectivity index (χ2n) is 2.41. The molecule has 0 aliphatic rings. The van der Waals surface area contributed by atoms with E-state index >= 15 is 0 Å².